The number of nitrogens with zero attached hydrogens (tertiary/aromatic N) is 1. The molecular formula is C46H92N2O6P+. The molecule has 0 aromatic heterocycles. The normalized spacial score (nSPS) is 14.5. The van der Waals surface area contributed by atoms with Crippen LogP contribution in [-0.4, -0.2) is 73.4 Å². The molecule has 0 radical (unpaired) electrons. The van der Waals surface area contributed by atoms with Crippen LogP contribution in [0.3, 0.4) is 0 Å². The zero-order valence-electron chi connectivity index (χ0n) is 36.9. The Bertz CT molecular complexity index is 953. The van der Waals surface area contributed by atoms with E-state index in [2.05, 4.69) is 31.3 Å². The van der Waals surface area contributed by atoms with Crippen molar-refractivity contribution < 1.29 is 32.9 Å². The first kappa shape index (κ1) is 54.0. The number of hydrogen-bond acceptors (Lipinski definition) is 5. The third kappa shape index (κ3) is 41.0. The third-order valence-corrected chi connectivity index (χ3v) is 11.4. The van der Waals surface area contributed by atoms with Crippen molar-refractivity contribution in [3.63, 3.8) is 0 Å². The average Bonchev–Trinajstić information content (AvgIpc) is 3.13. The highest BCUT2D eigenvalue weighted by Gasteiger charge is 2.27. The molecule has 0 bridgehead atoms. The van der Waals surface area contributed by atoms with E-state index in [4.69, 9.17) is 9.05 Å². The molecule has 0 rings (SSSR count). The highest BCUT2D eigenvalue weighted by atomic mass is 31.2. The molecule has 0 aromatic carbocycles. The molecule has 0 fully saturated rings. The van der Waals surface area contributed by atoms with E-state index in [0.29, 0.717) is 17.4 Å². The van der Waals surface area contributed by atoms with Crippen LogP contribution in [0, 0.1) is 0 Å². The minimum atomic E-state index is -4.33. The van der Waals surface area contributed by atoms with Gasteiger partial charge in [0.2, 0.25) is 5.91 Å². The van der Waals surface area contributed by atoms with E-state index >= 15 is 0 Å². The van der Waals surface area contributed by atoms with Crippen LogP contribution in [0.4, 0.5) is 0 Å². The van der Waals surface area contributed by atoms with E-state index in [0.717, 1.165) is 38.5 Å². The average molecular weight is 800 g/mol. The number of aliphatic hydroxyl groups excluding tert-OH is 1. The van der Waals surface area contributed by atoms with Crippen molar-refractivity contribution >= 4 is 13.7 Å². The van der Waals surface area contributed by atoms with Crippen LogP contribution in [-0.2, 0) is 18.4 Å². The second-order valence-electron chi connectivity index (χ2n) is 17.1. The first-order valence-corrected chi connectivity index (χ1v) is 24.7. The fraction of sp³-hybridized carbons (Fsp3) is 0.891. The van der Waals surface area contributed by atoms with Crippen LogP contribution < -0.4 is 5.32 Å². The Hall–Kier alpha value is -1.02. The van der Waals surface area contributed by atoms with Gasteiger partial charge in [-0.25, -0.2) is 4.57 Å². The van der Waals surface area contributed by atoms with E-state index < -0.39 is 20.0 Å². The first-order chi connectivity index (χ1) is 26.5. The van der Waals surface area contributed by atoms with E-state index in [1.807, 2.05) is 27.2 Å². The summed E-state index contributed by atoms with van der Waals surface area (Å²) in [5.41, 5.74) is 0. The Kier molecular flexibility index (Phi) is 37.8. The lowest BCUT2D eigenvalue weighted by Gasteiger charge is -2.25. The van der Waals surface area contributed by atoms with Crippen molar-refractivity contribution in [3.8, 4) is 0 Å². The summed E-state index contributed by atoms with van der Waals surface area (Å²) in [6, 6.07) is -0.845. The number of phosphoric ester groups is 1. The molecule has 3 N–H and O–H groups in total. The molecule has 0 saturated heterocycles. The lowest BCUT2D eigenvalue weighted by Crippen LogP contribution is -2.45. The van der Waals surface area contributed by atoms with Gasteiger partial charge in [-0.1, -0.05) is 186 Å². The van der Waals surface area contributed by atoms with Gasteiger partial charge in [0.25, 0.3) is 0 Å². The molecule has 0 aliphatic carbocycles. The number of hydrogen-bond donors (Lipinski definition) is 3. The van der Waals surface area contributed by atoms with Crippen molar-refractivity contribution in [1.29, 1.82) is 0 Å². The van der Waals surface area contributed by atoms with Gasteiger partial charge in [-0.15, -0.1) is 0 Å². The lowest BCUT2D eigenvalue weighted by molar-refractivity contribution is -0.870. The fourth-order valence-electron chi connectivity index (χ4n) is 6.68. The minimum absolute atomic E-state index is 0.0617. The number of nitrogens with one attached hydrogen (secondary N) is 1. The van der Waals surface area contributed by atoms with Gasteiger partial charge in [-0.2, -0.15) is 0 Å². The number of carbonyl (C=O) groups is 1. The summed E-state index contributed by atoms with van der Waals surface area (Å²) in [5.74, 6) is -0.181. The molecule has 0 aliphatic rings. The van der Waals surface area contributed by atoms with Gasteiger partial charge in [0.15, 0.2) is 0 Å². The largest absolute Gasteiger partial charge is 0.472 e. The van der Waals surface area contributed by atoms with Crippen molar-refractivity contribution in [2.24, 2.45) is 0 Å². The number of phosphoric acid groups is 1. The minimum Gasteiger partial charge on any atom is -0.387 e. The second kappa shape index (κ2) is 38.5. The van der Waals surface area contributed by atoms with Gasteiger partial charge in [-0.05, 0) is 44.9 Å². The highest BCUT2D eigenvalue weighted by molar-refractivity contribution is 7.47. The maximum Gasteiger partial charge on any atom is 0.472 e. The molecule has 0 saturated carbocycles. The number of allylic oxidation sites excluding steroid dienone is 3. The SMILES string of the molecule is CCCCCCCCCCC/C=C\CCCCCCCCCC(=O)NC(COP(=O)(O)OCC[N+](C)(C)C)C(O)/C=C/CCCCCCCCCCCCC. The van der Waals surface area contributed by atoms with E-state index in [-0.39, 0.29) is 19.1 Å². The Morgan fingerprint density at radius 3 is 1.40 bits per heavy atom. The van der Waals surface area contributed by atoms with E-state index in [1.54, 1.807) is 6.08 Å². The lowest BCUT2D eigenvalue weighted by atomic mass is 10.0. The summed E-state index contributed by atoms with van der Waals surface area (Å²) in [6.45, 7) is 4.81. The highest BCUT2D eigenvalue weighted by Crippen LogP contribution is 2.43. The Morgan fingerprint density at radius 2 is 0.982 bits per heavy atom. The van der Waals surface area contributed by atoms with Crippen LogP contribution in [0.15, 0.2) is 24.3 Å². The van der Waals surface area contributed by atoms with Gasteiger partial charge in [0.1, 0.15) is 13.2 Å². The van der Waals surface area contributed by atoms with Crippen molar-refractivity contribution in [2.45, 2.75) is 225 Å². The molecule has 0 aliphatic heterocycles. The molecular weight excluding hydrogens is 707 g/mol. The molecule has 0 aromatic rings. The van der Waals surface area contributed by atoms with Crippen molar-refractivity contribution in [3.05, 3.63) is 24.3 Å². The van der Waals surface area contributed by atoms with Crippen molar-refractivity contribution in [2.75, 3.05) is 40.9 Å². The molecule has 0 spiro atoms. The summed E-state index contributed by atoms with van der Waals surface area (Å²) >= 11 is 0. The quantitative estimate of drug-likeness (QED) is 0.0246. The van der Waals surface area contributed by atoms with Crippen LogP contribution in [0.5, 0.6) is 0 Å². The topological polar surface area (TPSA) is 105 Å². The maximum absolute atomic E-state index is 12.9. The maximum atomic E-state index is 12.9. The summed E-state index contributed by atoms with van der Waals surface area (Å²) in [4.78, 5) is 23.1. The summed E-state index contributed by atoms with van der Waals surface area (Å²) in [5, 5.41) is 13.8. The standard InChI is InChI=1S/C46H91N2O6P/c1-6-8-10-12-14-16-18-20-21-22-23-24-25-26-28-30-32-34-36-38-40-46(50)47-44(43-54-55(51,52)53-42-41-48(3,4)5)45(49)39-37-35-33-31-29-27-19-17-15-13-11-9-7-2/h23-24,37,39,44-45,49H,6-22,25-36,38,40-43H2,1-5H3,(H-,47,50,51,52)/p+1/b24-23-,39-37+. The van der Waals surface area contributed by atoms with Crippen LogP contribution in [0.25, 0.3) is 0 Å². The van der Waals surface area contributed by atoms with Crippen LogP contribution in [0.1, 0.15) is 213 Å². The molecule has 3 unspecified atom stereocenters. The number of rotatable bonds is 42. The smallest absolute Gasteiger partial charge is 0.387 e. The number of amides is 1. The molecule has 0 heterocycles. The second-order valence-corrected chi connectivity index (χ2v) is 18.6. The number of aliphatic hydroxyl groups is 1. The van der Waals surface area contributed by atoms with Gasteiger partial charge in [-0.3, -0.25) is 13.8 Å². The molecule has 326 valence electrons. The number of likely N-dealkylation sites (N-methyl/N-ethyl adjacent to an activating group) is 1. The van der Waals surface area contributed by atoms with Crippen LogP contribution in [0.2, 0.25) is 0 Å². The zero-order chi connectivity index (χ0) is 40.7. The first-order valence-electron chi connectivity index (χ1n) is 23.2. The number of carbonyl (C=O) groups excluding carboxylic acids is 1. The summed E-state index contributed by atoms with van der Waals surface area (Å²) in [7, 11) is 1.57. The Labute approximate surface area is 341 Å². The molecule has 55 heavy (non-hydrogen) atoms. The van der Waals surface area contributed by atoms with Crippen LogP contribution >= 0.6 is 7.82 Å². The van der Waals surface area contributed by atoms with E-state index in [9.17, 15) is 19.4 Å². The van der Waals surface area contributed by atoms with Gasteiger partial charge in [0, 0.05) is 6.42 Å². The Balaban J connectivity index is 4.34. The Morgan fingerprint density at radius 1 is 0.600 bits per heavy atom. The predicted molar refractivity (Wildman–Crippen MR) is 235 cm³/mol. The fourth-order valence-corrected chi connectivity index (χ4v) is 7.42. The van der Waals surface area contributed by atoms with E-state index in [1.165, 1.54) is 154 Å². The number of quaternary nitrogens is 1. The van der Waals surface area contributed by atoms with Gasteiger partial charge < -0.3 is 19.8 Å². The molecule has 9 heteroatoms. The van der Waals surface area contributed by atoms with Gasteiger partial charge in [0.05, 0.1) is 39.9 Å². The monoisotopic (exact) mass is 800 g/mol. The molecule has 3 atom stereocenters. The third-order valence-electron chi connectivity index (χ3n) is 10.4. The van der Waals surface area contributed by atoms with Gasteiger partial charge >= 0.3 is 7.82 Å². The van der Waals surface area contributed by atoms with Crippen molar-refractivity contribution in [1.82, 2.24) is 5.32 Å². The molecule has 8 nitrogen and oxygen atoms in total. The predicted octanol–water partition coefficient (Wildman–Crippen LogP) is 12.9. The summed E-state index contributed by atoms with van der Waals surface area (Å²) < 4.78 is 23.6. The summed E-state index contributed by atoms with van der Waals surface area (Å²) in [6.07, 6.45) is 45.3. The zero-order valence-corrected chi connectivity index (χ0v) is 37.8. The number of unbranched alkanes of at least 4 members (excludes halogenated alkanes) is 27. The molecule has 1 amide bonds.